The van der Waals surface area contributed by atoms with Gasteiger partial charge in [0, 0.05) is 18.5 Å². The van der Waals surface area contributed by atoms with Crippen molar-refractivity contribution in [3.8, 4) is 0 Å². The molecular formula is C15H17ClN6O. The second-order valence-corrected chi connectivity index (χ2v) is 5.76. The Morgan fingerprint density at radius 2 is 2.17 bits per heavy atom. The number of aryl methyl sites for hydroxylation is 2. The van der Waals surface area contributed by atoms with Crippen LogP contribution in [0.2, 0.25) is 5.02 Å². The largest absolute Gasteiger partial charge is 0.384 e. The van der Waals surface area contributed by atoms with E-state index in [2.05, 4.69) is 15.5 Å². The van der Waals surface area contributed by atoms with Crippen LogP contribution in [0.3, 0.4) is 0 Å². The molecule has 0 radical (unpaired) electrons. The van der Waals surface area contributed by atoms with Gasteiger partial charge < -0.3 is 11.1 Å². The summed E-state index contributed by atoms with van der Waals surface area (Å²) in [4.78, 5) is 12.1. The Morgan fingerprint density at radius 1 is 1.39 bits per heavy atom. The van der Waals surface area contributed by atoms with Gasteiger partial charge in [0.1, 0.15) is 12.4 Å². The maximum atomic E-state index is 12.1. The number of nitrogens with one attached hydrogen (secondary N) is 1. The summed E-state index contributed by atoms with van der Waals surface area (Å²) in [6.45, 7) is 2.19. The molecule has 8 heteroatoms. The summed E-state index contributed by atoms with van der Waals surface area (Å²) in [6, 6.07) is 7.34. The number of nitrogen functional groups attached to an aromatic ring is 1. The Morgan fingerprint density at radius 3 is 2.87 bits per heavy atom. The number of nitrogens with two attached hydrogens (primary N) is 1. The number of carbonyl (C=O) groups excluding carboxylic acids is 1. The molecule has 0 aliphatic rings. The maximum absolute atomic E-state index is 12.1. The van der Waals surface area contributed by atoms with Crippen LogP contribution in [0.25, 0.3) is 10.9 Å². The summed E-state index contributed by atoms with van der Waals surface area (Å²) in [5.74, 6) is 0.273. The fourth-order valence-corrected chi connectivity index (χ4v) is 2.82. The molecule has 0 spiro atoms. The number of hydrogen-bond acceptors (Lipinski definition) is 4. The summed E-state index contributed by atoms with van der Waals surface area (Å²) in [5.41, 5.74) is 8.21. The van der Waals surface area contributed by atoms with Gasteiger partial charge in [-0.05, 0) is 19.1 Å². The lowest BCUT2D eigenvalue weighted by atomic mass is 10.2. The van der Waals surface area contributed by atoms with E-state index >= 15 is 0 Å². The predicted octanol–water partition coefficient (Wildman–Crippen LogP) is 1.63. The quantitative estimate of drug-likeness (QED) is 0.759. The van der Waals surface area contributed by atoms with Crippen LogP contribution in [0.15, 0.2) is 24.3 Å². The predicted molar refractivity (Wildman–Crippen MR) is 88.9 cm³/mol. The average Bonchev–Trinajstić information content (AvgIpc) is 2.98. The first-order valence-corrected chi connectivity index (χ1v) is 7.50. The Bertz CT molecular complexity index is 882. The molecule has 0 fully saturated rings. The van der Waals surface area contributed by atoms with Gasteiger partial charge in [0.2, 0.25) is 5.91 Å². The molecule has 0 aliphatic heterocycles. The zero-order chi connectivity index (χ0) is 16.6. The highest BCUT2D eigenvalue weighted by molar-refractivity contribution is 6.35. The molecule has 0 bridgehead atoms. The number of carbonyl (C=O) groups is 1. The second-order valence-electron chi connectivity index (χ2n) is 5.35. The van der Waals surface area contributed by atoms with Gasteiger partial charge in [0.05, 0.1) is 28.5 Å². The van der Waals surface area contributed by atoms with E-state index in [1.165, 1.54) is 4.68 Å². The van der Waals surface area contributed by atoms with Crippen LogP contribution < -0.4 is 11.1 Å². The van der Waals surface area contributed by atoms with Crippen molar-refractivity contribution in [3.05, 3.63) is 40.7 Å². The van der Waals surface area contributed by atoms with E-state index < -0.39 is 0 Å². The van der Waals surface area contributed by atoms with Gasteiger partial charge in [-0.3, -0.25) is 9.48 Å². The van der Waals surface area contributed by atoms with E-state index in [0.717, 1.165) is 22.3 Å². The Hall–Kier alpha value is -2.54. The monoisotopic (exact) mass is 332 g/mol. The lowest BCUT2D eigenvalue weighted by molar-refractivity contribution is -0.122. The highest BCUT2D eigenvalue weighted by Crippen LogP contribution is 2.26. The highest BCUT2D eigenvalue weighted by atomic mass is 35.5. The van der Waals surface area contributed by atoms with Crippen LogP contribution in [0, 0.1) is 6.92 Å². The smallest absolute Gasteiger partial charge is 0.242 e. The Kier molecular flexibility index (Phi) is 3.96. The number of benzene rings is 1. The summed E-state index contributed by atoms with van der Waals surface area (Å²) >= 11 is 6.25. The fourth-order valence-electron chi connectivity index (χ4n) is 2.54. The molecular weight excluding hydrogens is 316 g/mol. The topological polar surface area (TPSA) is 90.8 Å². The number of anilines is 1. The van der Waals surface area contributed by atoms with E-state index in [1.54, 1.807) is 10.7 Å². The summed E-state index contributed by atoms with van der Waals surface area (Å²) in [7, 11) is 1.84. The Labute approximate surface area is 138 Å². The molecule has 7 nitrogen and oxygen atoms in total. The molecule has 0 saturated heterocycles. The van der Waals surface area contributed by atoms with Crippen molar-refractivity contribution in [3.63, 3.8) is 0 Å². The van der Waals surface area contributed by atoms with E-state index in [1.807, 2.05) is 32.2 Å². The zero-order valence-corrected chi connectivity index (χ0v) is 13.6. The van der Waals surface area contributed by atoms with Crippen LogP contribution in [0.1, 0.15) is 11.4 Å². The van der Waals surface area contributed by atoms with Crippen LogP contribution in [-0.4, -0.2) is 25.5 Å². The van der Waals surface area contributed by atoms with Crippen molar-refractivity contribution in [2.24, 2.45) is 7.05 Å². The maximum Gasteiger partial charge on any atom is 0.242 e. The van der Waals surface area contributed by atoms with Gasteiger partial charge in [-0.2, -0.15) is 10.2 Å². The van der Waals surface area contributed by atoms with Crippen molar-refractivity contribution < 1.29 is 4.79 Å². The van der Waals surface area contributed by atoms with Gasteiger partial charge in [0.15, 0.2) is 0 Å². The molecule has 3 aromatic rings. The molecule has 0 atom stereocenters. The van der Waals surface area contributed by atoms with E-state index in [9.17, 15) is 4.79 Å². The minimum Gasteiger partial charge on any atom is -0.384 e. The first-order valence-electron chi connectivity index (χ1n) is 7.12. The molecule has 2 aromatic heterocycles. The summed E-state index contributed by atoms with van der Waals surface area (Å²) in [6.07, 6.45) is 0. The number of nitrogens with zero attached hydrogens (tertiary/aromatic N) is 4. The minimum absolute atomic E-state index is 0.0676. The van der Waals surface area contributed by atoms with Gasteiger partial charge in [-0.1, -0.05) is 17.7 Å². The number of rotatable bonds is 4. The first-order chi connectivity index (χ1) is 11.0. The fraction of sp³-hybridized carbons (Fsp3) is 0.267. The van der Waals surface area contributed by atoms with Crippen LogP contribution in [-0.2, 0) is 24.9 Å². The zero-order valence-electron chi connectivity index (χ0n) is 12.9. The van der Waals surface area contributed by atoms with E-state index in [0.29, 0.717) is 17.4 Å². The van der Waals surface area contributed by atoms with Crippen molar-refractivity contribution in [2.45, 2.75) is 20.0 Å². The van der Waals surface area contributed by atoms with E-state index in [4.69, 9.17) is 17.3 Å². The Balaban J connectivity index is 1.73. The molecule has 2 heterocycles. The van der Waals surface area contributed by atoms with Gasteiger partial charge in [-0.25, -0.2) is 4.68 Å². The van der Waals surface area contributed by atoms with Gasteiger partial charge in [0.25, 0.3) is 0 Å². The number of hydrogen-bond donors (Lipinski definition) is 2. The minimum atomic E-state index is -0.189. The average molecular weight is 333 g/mol. The third-order valence-corrected chi connectivity index (χ3v) is 3.89. The van der Waals surface area contributed by atoms with Crippen LogP contribution >= 0.6 is 11.6 Å². The summed E-state index contributed by atoms with van der Waals surface area (Å²) in [5, 5.41) is 12.9. The van der Waals surface area contributed by atoms with Crippen LogP contribution in [0.4, 0.5) is 5.82 Å². The van der Waals surface area contributed by atoms with Crippen molar-refractivity contribution in [2.75, 3.05) is 5.73 Å². The molecule has 1 amide bonds. The molecule has 0 unspecified atom stereocenters. The molecule has 1 aromatic carbocycles. The SMILES string of the molecule is Cc1cc(N)n(CC(=O)NCc2nn(C)c3cccc(Cl)c23)n1. The molecule has 0 saturated carbocycles. The number of amides is 1. The number of fused-ring (bicyclic) bond motifs is 1. The standard InChI is InChI=1S/C15H17ClN6O/c1-9-6-13(17)22(19-9)8-14(23)18-7-11-15-10(16)4-3-5-12(15)21(2)20-11/h3-6H,7-8,17H2,1-2H3,(H,18,23). The lowest BCUT2D eigenvalue weighted by Crippen LogP contribution is -2.28. The van der Waals surface area contributed by atoms with Crippen molar-refractivity contribution >= 4 is 34.2 Å². The van der Waals surface area contributed by atoms with E-state index in [-0.39, 0.29) is 12.5 Å². The second kappa shape index (κ2) is 5.92. The molecule has 23 heavy (non-hydrogen) atoms. The third-order valence-electron chi connectivity index (χ3n) is 3.58. The third kappa shape index (κ3) is 3.00. The van der Waals surface area contributed by atoms with Gasteiger partial charge in [-0.15, -0.1) is 0 Å². The molecule has 0 aliphatic carbocycles. The molecule has 3 rings (SSSR count). The lowest BCUT2D eigenvalue weighted by Gasteiger charge is -2.05. The van der Waals surface area contributed by atoms with Crippen molar-refractivity contribution in [1.82, 2.24) is 24.9 Å². The summed E-state index contributed by atoms with van der Waals surface area (Å²) < 4.78 is 3.21. The molecule has 120 valence electrons. The first kappa shape index (κ1) is 15.4. The normalized spacial score (nSPS) is 11.1. The highest BCUT2D eigenvalue weighted by Gasteiger charge is 2.13. The van der Waals surface area contributed by atoms with Gasteiger partial charge >= 0.3 is 0 Å². The van der Waals surface area contributed by atoms with Crippen molar-refractivity contribution in [1.29, 1.82) is 0 Å². The number of aromatic nitrogens is 4. The molecule has 3 N–H and O–H groups in total. The van der Waals surface area contributed by atoms with Crippen LogP contribution in [0.5, 0.6) is 0 Å². The number of halogens is 1.